The third-order valence-electron chi connectivity index (χ3n) is 4.82. The van der Waals surface area contributed by atoms with E-state index >= 15 is 0 Å². The monoisotopic (exact) mass is 409 g/mol. The zero-order chi connectivity index (χ0) is 20.7. The third kappa shape index (κ3) is 6.09. The van der Waals surface area contributed by atoms with Crippen LogP contribution in [0.4, 0.5) is 0 Å². The van der Waals surface area contributed by atoms with Crippen LogP contribution in [0.3, 0.4) is 0 Å². The SMILES string of the molecule is CC[C@H](C)N(C(=O)COC(=O)/C=C/c1ccc(OC)cc1)[C@@H]1CCS(=O)(=O)C1. The van der Waals surface area contributed by atoms with E-state index in [1.807, 2.05) is 13.8 Å². The minimum atomic E-state index is -3.11. The number of carbonyl (C=O) groups is 2. The second-order valence-corrected chi connectivity index (χ2v) is 9.06. The van der Waals surface area contributed by atoms with Gasteiger partial charge in [-0.3, -0.25) is 4.79 Å². The fourth-order valence-corrected chi connectivity index (χ4v) is 4.85. The number of hydrogen-bond donors (Lipinski definition) is 0. The van der Waals surface area contributed by atoms with Crippen molar-refractivity contribution >= 4 is 27.8 Å². The predicted molar refractivity (Wildman–Crippen MR) is 107 cm³/mol. The van der Waals surface area contributed by atoms with E-state index < -0.39 is 22.4 Å². The zero-order valence-electron chi connectivity index (χ0n) is 16.5. The van der Waals surface area contributed by atoms with Gasteiger partial charge in [0, 0.05) is 18.2 Å². The maximum atomic E-state index is 12.6. The van der Waals surface area contributed by atoms with E-state index in [9.17, 15) is 18.0 Å². The molecule has 2 rings (SSSR count). The molecule has 0 saturated carbocycles. The van der Waals surface area contributed by atoms with Crippen molar-refractivity contribution in [3.8, 4) is 5.75 Å². The van der Waals surface area contributed by atoms with Gasteiger partial charge in [0.25, 0.3) is 5.91 Å². The fourth-order valence-electron chi connectivity index (χ4n) is 3.14. The Morgan fingerprint density at radius 1 is 1.29 bits per heavy atom. The van der Waals surface area contributed by atoms with Crippen LogP contribution in [-0.4, -0.2) is 62.5 Å². The van der Waals surface area contributed by atoms with Gasteiger partial charge in [-0.15, -0.1) is 0 Å². The molecule has 1 aromatic carbocycles. The first-order chi connectivity index (χ1) is 13.3. The third-order valence-corrected chi connectivity index (χ3v) is 6.57. The summed E-state index contributed by atoms with van der Waals surface area (Å²) in [7, 11) is -1.54. The molecule has 1 fully saturated rings. The van der Waals surface area contributed by atoms with Crippen molar-refractivity contribution in [1.29, 1.82) is 0 Å². The van der Waals surface area contributed by atoms with E-state index in [1.54, 1.807) is 42.4 Å². The molecule has 0 radical (unpaired) electrons. The van der Waals surface area contributed by atoms with Gasteiger partial charge in [-0.2, -0.15) is 0 Å². The molecule has 0 unspecified atom stereocenters. The van der Waals surface area contributed by atoms with E-state index in [2.05, 4.69) is 0 Å². The Bertz CT molecular complexity index is 816. The molecule has 0 aromatic heterocycles. The molecule has 1 amide bonds. The summed E-state index contributed by atoms with van der Waals surface area (Å²) in [5.74, 6) is -0.240. The lowest BCUT2D eigenvalue weighted by Crippen LogP contribution is -2.48. The average molecular weight is 410 g/mol. The van der Waals surface area contributed by atoms with Crippen LogP contribution in [0.1, 0.15) is 32.3 Å². The number of esters is 1. The lowest BCUT2D eigenvalue weighted by molar-refractivity contribution is -0.150. The molecule has 2 atom stereocenters. The molecular weight excluding hydrogens is 382 g/mol. The number of sulfone groups is 1. The molecule has 8 heteroatoms. The maximum absolute atomic E-state index is 12.6. The highest BCUT2D eigenvalue weighted by Crippen LogP contribution is 2.21. The van der Waals surface area contributed by atoms with Gasteiger partial charge >= 0.3 is 5.97 Å². The van der Waals surface area contributed by atoms with Crippen LogP contribution in [0.15, 0.2) is 30.3 Å². The van der Waals surface area contributed by atoms with Crippen molar-refractivity contribution in [3.63, 3.8) is 0 Å². The highest BCUT2D eigenvalue weighted by Gasteiger charge is 2.36. The first-order valence-corrected chi connectivity index (χ1v) is 11.1. The van der Waals surface area contributed by atoms with E-state index in [4.69, 9.17) is 9.47 Å². The van der Waals surface area contributed by atoms with Gasteiger partial charge in [-0.1, -0.05) is 19.1 Å². The lowest BCUT2D eigenvalue weighted by Gasteiger charge is -2.33. The van der Waals surface area contributed by atoms with Crippen LogP contribution in [0.5, 0.6) is 5.75 Å². The highest BCUT2D eigenvalue weighted by atomic mass is 32.2. The van der Waals surface area contributed by atoms with Gasteiger partial charge in [-0.05, 0) is 43.5 Å². The molecule has 1 aliphatic heterocycles. The largest absolute Gasteiger partial charge is 0.497 e. The summed E-state index contributed by atoms with van der Waals surface area (Å²) in [5.41, 5.74) is 0.793. The van der Waals surface area contributed by atoms with E-state index in [0.717, 1.165) is 5.56 Å². The lowest BCUT2D eigenvalue weighted by atomic mass is 10.1. The molecule has 0 bridgehead atoms. The number of nitrogens with zero attached hydrogens (tertiary/aromatic N) is 1. The second-order valence-electron chi connectivity index (χ2n) is 6.83. The molecule has 1 saturated heterocycles. The second kappa shape index (κ2) is 9.73. The van der Waals surface area contributed by atoms with Crippen LogP contribution in [0, 0.1) is 0 Å². The van der Waals surface area contributed by atoms with Crippen LogP contribution in [-0.2, 0) is 24.2 Å². The number of benzene rings is 1. The standard InChI is InChI=1S/C20H27NO6S/c1-4-15(2)21(17-11-12-28(24,25)14-17)19(22)13-27-20(23)10-7-16-5-8-18(26-3)9-6-16/h5-10,15,17H,4,11-14H2,1-3H3/b10-7+/t15-,17+/m0/s1. The van der Waals surface area contributed by atoms with Crippen molar-refractivity contribution in [2.24, 2.45) is 0 Å². The number of rotatable bonds is 8. The number of hydrogen-bond acceptors (Lipinski definition) is 6. The Hall–Kier alpha value is -2.35. The number of ether oxygens (including phenoxy) is 2. The highest BCUT2D eigenvalue weighted by molar-refractivity contribution is 7.91. The maximum Gasteiger partial charge on any atom is 0.331 e. The van der Waals surface area contributed by atoms with Gasteiger partial charge in [0.15, 0.2) is 16.4 Å². The Balaban J connectivity index is 1.93. The number of amides is 1. The summed E-state index contributed by atoms with van der Waals surface area (Å²) in [6.07, 6.45) is 3.95. The van der Waals surface area contributed by atoms with Gasteiger partial charge in [0.05, 0.1) is 18.6 Å². The minimum Gasteiger partial charge on any atom is -0.497 e. The molecule has 154 valence electrons. The molecule has 7 nitrogen and oxygen atoms in total. The average Bonchev–Trinajstić information content (AvgIpc) is 3.04. The molecule has 28 heavy (non-hydrogen) atoms. The van der Waals surface area contributed by atoms with E-state index in [0.29, 0.717) is 18.6 Å². The minimum absolute atomic E-state index is 0.0333. The summed E-state index contributed by atoms with van der Waals surface area (Å²) in [5, 5.41) is 0. The van der Waals surface area contributed by atoms with Gasteiger partial charge < -0.3 is 14.4 Å². The molecule has 0 aliphatic carbocycles. The van der Waals surface area contributed by atoms with Crippen molar-refractivity contribution in [2.45, 2.75) is 38.8 Å². The Morgan fingerprint density at radius 2 is 1.96 bits per heavy atom. The van der Waals surface area contributed by atoms with Gasteiger partial charge in [0.2, 0.25) is 0 Å². The molecule has 0 N–H and O–H groups in total. The molecule has 1 heterocycles. The van der Waals surface area contributed by atoms with Crippen molar-refractivity contribution < 1.29 is 27.5 Å². The van der Waals surface area contributed by atoms with Crippen LogP contribution >= 0.6 is 0 Å². The number of methoxy groups -OCH3 is 1. The van der Waals surface area contributed by atoms with E-state index in [-0.39, 0.29) is 29.5 Å². The van der Waals surface area contributed by atoms with Crippen LogP contribution < -0.4 is 4.74 Å². The number of carbonyl (C=O) groups excluding carboxylic acids is 2. The summed E-state index contributed by atoms with van der Waals surface area (Å²) >= 11 is 0. The van der Waals surface area contributed by atoms with Crippen molar-refractivity contribution in [2.75, 3.05) is 25.2 Å². The smallest absolute Gasteiger partial charge is 0.331 e. The Morgan fingerprint density at radius 3 is 2.50 bits per heavy atom. The quantitative estimate of drug-likeness (QED) is 0.482. The van der Waals surface area contributed by atoms with Gasteiger partial charge in [0.1, 0.15) is 5.75 Å². The summed E-state index contributed by atoms with van der Waals surface area (Å²) in [6.45, 7) is 3.39. The molecule has 1 aliphatic rings. The van der Waals surface area contributed by atoms with Crippen molar-refractivity contribution in [1.82, 2.24) is 4.90 Å². The van der Waals surface area contributed by atoms with Crippen LogP contribution in [0.2, 0.25) is 0 Å². The van der Waals surface area contributed by atoms with Gasteiger partial charge in [-0.25, -0.2) is 13.2 Å². The summed E-state index contributed by atoms with van der Waals surface area (Å²) < 4.78 is 33.7. The van der Waals surface area contributed by atoms with E-state index in [1.165, 1.54) is 6.08 Å². The Labute approximate surface area is 166 Å². The predicted octanol–water partition coefficient (Wildman–Crippen LogP) is 2.07. The fraction of sp³-hybridized carbons (Fsp3) is 0.500. The zero-order valence-corrected chi connectivity index (χ0v) is 17.3. The molecular formula is C20H27NO6S. The summed E-state index contributed by atoms with van der Waals surface area (Å²) in [4.78, 5) is 26.1. The van der Waals surface area contributed by atoms with Crippen molar-refractivity contribution in [3.05, 3.63) is 35.9 Å². The normalized spacial score (nSPS) is 19.3. The topological polar surface area (TPSA) is 90.0 Å². The van der Waals surface area contributed by atoms with Crippen LogP contribution in [0.25, 0.3) is 6.08 Å². The molecule has 0 spiro atoms. The molecule has 1 aromatic rings. The Kier molecular flexibility index (Phi) is 7.62. The summed E-state index contributed by atoms with van der Waals surface area (Å²) in [6, 6.07) is 6.64. The first-order valence-electron chi connectivity index (χ1n) is 9.26. The first kappa shape index (κ1) is 21.9.